The van der Waals surface area contributed by atoms with Gasteiger partial charge in [0.1, 0.15) is 23.4 Å². The Bertz CT molecular complexity index is 1210. The molecule has 2 aromatic rings. The van der Waals surface area contributed by atoms with Crippen LogP contribution in [0.1, 0.15) is 17.2 Å². The lowest BCUT2D eigenvalue weighted by atomic mass is 9.57. The summed E-state index contributed by atoms with van der Waals surface area (Å²) in [6.45, 7) is 0. The second-order valence-electron chi connectivity index (χ2n) is 8.45. The maximum atomic E-state index is 13.1. The molecular formula is C21H21ClN2O8. The Balaban J connectivity index is 2.07. The van der Waals surface area contributed by atoms with E-state index in [0.29, 0.717) is 0 Å². The van der Waals surface area contributed by atoms with Gasteiger partial charge in [-0.1, -0.05) is 11.6 Å². The van der Waals surface area contributed by atoms with E-state index in [9.17, 15) is 39.9 Å². The predicted molar refractivity (Wildman–Crippen MR) is 111 cm³/mol. The first-order chi connectivity index (χ1) is 14.8. The molecule has 5 atom stereocenters. The van der Waals surface area contributed by atoms with Gasteiger partial charge in [0.05, 0.1) is 16.5 Å². The first kappa shape index (κ1) is 22.3. The van der Waals surface area contributed by atoms with Gasteiger partial charge in [-0.15, -0.1) is 0 Å². The zero-order valence-corrected chi connectivity index (χ0v) is 17.8. The number of halogens is 1. The molecule has 32 heavy (non-hydrogen) atoms. The van der Waals surface area contributed by atoms with Crippen LogP contribution < -0.4 is 5.73 Å². The van der Waals surface area contributed by atoms with Crippen LogP contribution in [0.2, 0.25) is 5.02 Å². The van der Waals surface area contributed by atoms with Crippen LogP contribution in [0.4, 0.5) is 0 Å². The number of benzene rings is 2. The lowest BCUT2D eigenvalue weighted by Crippen LogP contribution is -2.70. The molecule has 170 valence electrons. The lowest BCUT2D eigenvalue weighted by Gasteiger charge is -2.51. The van der Waals surface area contributed by atoms with E-state index in [1.165, 1.54) is 31.1 Å². The molecule has 0 radical (unpaired) electrons. The normalized spacial score (nSPS) is 29.8. The summed E-state index contributed by atoms with van der Waals surface area (Å²) in [5.41, 5.74) is 2.13. The van der Waals surface area contributed by atoms with Crippen molar-refractivity contribution in [3.63, 3.8) is 0 Å². The van der Waals surface area contributed by atoms with Gasteiger partial charge in [-0.05, 0) is 32.6 Å². The molecule has 10 nitrogen and oxygen atoms in total. The number of ketones is 2. The van der Waals surface area contributed by atoms with Crippen molar-refractivity contribution in [2.75, 3.05) is 14.1 Å². The fourth-order valence-electron chi connectivity index (χ4n) is 5.18. The molecule has 1 saturated carbocycles. The molecule has 1 amide bonds. The van der Waals surface area contributed by atoms with Crippen molar-refractivity contribution in [1.82, 2.24) is 4.90 Å². The monoisotopic (exact) mass is 464 g/mol. The molecule has 7 N–H and O–H groups in total. The first-order valence-electron chi connectivity index (χ1n) is 9.67. The maximum Gasteiger partial charge on any atom is 0.235 e. The SMILES string of the molecule is CN(C)C1C(=O)C(C(N)=O)C(=O)C2(O)C(O)c3c(c(O)c4c(Cl)ccc(O)c4c3O)CC12. The van der Waals surface area contributed by atoms with E-state index in [0.717, 1.165) is 0 Å². The van der Waals surface area contributed by atoms with Crippen molar-refractivity contribution >= 4 is 39.8 Å². The number of fused-ring (bicyclic) bond motifs is 3. The van der Waals surface area contributed by atoms with Gasteiger partial charge >= 0.3 is 0 Å². The number of carbonyl (C=O) groups is 3. The van der Waals surface area contributed by atoms with Gasteiger partial charge < -0.3 is 31.3 Å². The van der Waals surface area contributed by atoms with E-state index >= 15 is 0 Å². The van der Waals surface area contributed by atoms with Gasteiger partial charge in [0.15, 0.2) is 23.1 Å². The molecule has 0 spiro atoms. The highest BCUT2D eigenvalue weighted by atomic mass is 35.5. The quantitative estimate of drug-likeness (QED) is 0.257. The molecule has 2 aromatic carbocycles. The van der Waals surface area contributed by atoms with E-state index in [1.54, 1.807) is 0 Å². The van der Waals surface area contributed by atoms with E-state index < -0.39 is 69.9 Å². The Hall–Kier alpha value is -2.92. The summed E-state index contributed by atoms with van der Waals surface area (Å²) in [5.74, 6) is -8.32. The van der Waals surface area contributed by atoms with Gasteiger partial charge in [-0.3, -0.25) is 19.3 Å². The van der Waals surface area contributed by atoms with E-state index in [1.807, 2.05) is 0 Å². The van der Waals surface area contributed by atoms with Crippen molar-refractivity contribution < 1.29 is 39.9 Å². The standard InChI is InChI=1S/C21H21ClN2O8/c1-24(2)14-7-5-6-10(16(27)12-9(25)4-3-8(22)11(12)15(6)26)18(29)21(7,32)19(30)13(17(14)28)20(23)31/h3-4,7,13-14,18,25-27,29,32H,5H2,1-2H3,(H2,23,31). The lowest BCUT2D eigenvalue weighted by molar-refractivity contribution is -0.187. The molecular weight excluding hydrogens is 444 g/mol. The van der Waals surface area contributed by atoms with E-state index in [4.69, 9.17) is 17.3 Å². The Morgan fingerprint density at radius 3 is 2.34 bits per heavy atom. The van der Waals surface area contributed by atoms with Crippen LogP contribution in [0, 0.1) is 11.8 Å². The Morgan fingerprint density at radius 2 is 1.78 bits per heavy atom. The van der Waals surface area contributed by atoms with Gasteiger partial charge in [0.25, 0.3) is 0 Å². The maximum absolute atomic E-state index is 13.1. The number of nitrogens with zero attached hydrogens (tertiary/aromatic N) is 1. The van der Waals surface area contributed by atoms with Gasteiger partial charge in [-0.25, -0.2) is 0 Å². The summed E-state index contributed by atoms with van der Waals surface area (Å²) < 4.78 is 0. The van der Waals surface area contributed by atoms with Crippen molar-refractivity contribution in [2.45, 2.75) is 24.2 Å². The van der Waals surface area contributed by atoms with Crippen LogP contribution in [-0.4, -0.2) is 73.6 Å². The van der Waals surface area contributed by atoms with Crippen LogP contribution in [0.15, 0.2) is 12.1 Å². The number of carbonyl (C=O) groups excluding carboxylic acids is 3. The molecule has 11 heteroatoms. The number of primary amides is 1. The average molecular weight is 465 g/mol. The van der Waals surface area contributed by atoms with Gasteiger partial charge in [0, 0.05) is 22.4 Å². The second-order valence-corrected chi connectivity index (χ2v) is 8.86. The number of likely N-dealkylation sites (N-methyl/N-ethyl adjacent to an activating group) is 1. The summed E-state index contributed by atoms with van der Waals surface area (Å²) >= 11 is 6.17. The fourth-order valence-corrected chi connectivity index (χ4v) is 5.42. The number of phenols is 3. The average Bonchev–Trinajstić information content (AvgIpc) is 2.69. The van der Waals surface area contributed by atoms with Crippen LogP contribution in [-0.2, 0) is 20.8 Å². The third kappa shape index (κ3) is 2.61. The molecule has 0 saturated heterocycles. The number of aromatic hydroxyl groups is 3. The molecule has 0 aromatic heterocycles. The smallest absolute Gasteiger partial charge is 0.235 e. The third-order valence-electron chi connectivity index (χ3n) is 6.61. The minimum Gasteiger partial charge on any atom is -0.507 e. The van der Waals surface area contributed by atoms with Crippen LogP contribution >= 0.6 is 11.6 Å². The van der Waals surface area contributed by atoms with Crippen LogP contribution in [0.3, 0.4) is 0 Å². The Kier molecular flexibility index (Phi) is 4.90. The Labute approximate surface area is 186 Å². The molecule has 1 fully saturated rings. The highest BCUT2D eigenvalue weighted by Gasteiger charge is 2.66. The van der Waals surface area contributed by atoms with Crippen molar-refractivity contribution in [3.8, 4) is 17.2 Å². The Morgan fingerprint density at radius 1 is 1.16 bits per heavy atom. The van der Waals surface area contributed by atoms with Crippen LogP contribution in [0.25, 0.3) is 10.8 Å². The number of aliphatic hydroxyl groups is 2. The molecule has 2 aliphatic carbocycles. The number of hydrogen-bond acceptors (Lipinski definition) is 9. The zero-order chi connectivity index (χ0) is 23.9. The molecule has 0 heterocycles. The number of hydrogen-bond donors (Lipinski definition) is 6. The van der Waals surface area contributed by atoms with Crippen molar-refractivity contribution in [2.24, 2.45) is 17.6 Å². The minimum absolute atomic E-state index is 0.00234. The predicted octanol–water partition coefficient (Wildman–Crippen LogP) is -0.270. The van der Waals surface area contributed by atoms with Gasteiger partial charge in [-0.2, -0.15) is 0 Å². The summed E-state index contributed by atoms with van der Waals surface area (Å²) in [6.07, 6.45) is -2.47. The summed E-state index contributed by atoms with van der Waals surface area (Å²) in [5, 5.41) is 54.4. The second kappa shape index (κ2) is 7.04. The minimum atomic E-state index is -2.68. The molecule has 4 rings (SSSR count). The number of phenolic OH excluding ortho intramolecular Hbond substituents is 3. The summed E-state index contributed by atoms with van der Waals surface area (Å²) in [4.78, 5) is 39.4. The number of nitrogens with two attached hydrogens (primary N) is 1. The summed E-state index contributed by atoms with van der Waals surface area (Å²) in [7, 11) is 2.98. The molecule has 5 unspecified atom stereocenters. The van der Waals surface area contributed by atoms with Crippen molar-refractivity contribution in [3.05, 3.63) is 28.3 Å². The highest BCUT2D eigenvalue weighted by Crippen LogP contribution is 2.56. The van der Waals surface area contributed by atoms with Crippen LogP contribution in [0.5, 0.6) is 17.2 Å². The number of Topliss-reactive ketones (excluding diaryl/α,β-unsaturated/α-hetero) is 2. The number of amides is 1. The molecule has 2 aliphatic rings. The molecule has 0 bridgehead atoms. The fraction of sp³-hybridized carbons (Fsp3) is 0.381. The molecule has 0 aliphatic heterocycles. The largest absolute Gasteiger partial charge is 0.507 e. The first-order valence-corrected chi connectivity index (χ1v) is 10.0. The summed E-state index contributed by atoms with van der Waals surface area (Å²) in [6, 6.07) is 1.25. The topological polar surface area (TPSA) is 182 Å². The highest BCUT2D eigenvalue weighted by molar-refractivity contribution is 6.37. The van der Waals surface area contributed by atoms with Gasteiger partial charge in [0.2, 0.25) is 5.91 Å². The van der Waals surface area contributed by atoms with E-state index in [-0.39, 0.29) is 27.8 Å². The van der Waals surface area contributed by atoms with E-state index in [2.05, 4.69) is 0 Å². The number of aliphatic hydroxyl groups excluding tert-OH is 1. The zero-order valence-electron chi connectivity index (χ0n) is 17.0. The number of rotatable bonds is 2. The van der Waals surface area contributed by atoms with Crippen molar-refractivity contribution in [1.29, 1.82) is 0 Å². The third-order valence-corrected chi connectivity index (χ3v) is 6.92.